The normalized spacial score (nSPS) is 16.9. The minimum atomic E-state index is -0.377. The van der Waals surface area contributed by atoms with Crippen LogP contribution in [-0.2, 0) is 0 Å². The average Bonchev–Trinajstić information content (AvgIpc) is 2.39. The summed E-state index contributed by atoms with van der Waals surface area (Å²) in [4.78, 5) is 13.3. The first-order valence-corrected chi connectivity index (χ1v) is 5.10. The molecule has 76 valence electrons. The van der Waals surface area contributed by atoms with Crippen molar-refractivity contribution in [3.8, 4) is 0 Å². The summed E-state index contributed by atoms with van der Waals surface area (Å²) in [6, 6.07) is 1.75. The minimum absolute atomic E-state index is 0.154. The van der Waals surface area contributed by atoms with Gasteiger partial charge in [-0.3, -0.25) is 4.79 Å². The number of amides is 1. The second kappa shape index (κ2) is 3.40. The van der Waals surface area contributed by atoms with E-state index in [1.54, 1.807) is 11.0 Å². The molecule has 0 radical (unpaired) electrons. The lowest BCUT2D eigenvalue weighted by Gasteiger charge is -2.35. The Kier molecular flexibility index (Phi) is 2.36. The van der Waals surface area contributed by atoms with E-state index in [0.717, 1.165) is 5.56 Å². The first-order valence-electron chi connectivity index (χ1n) is 4.31. The van der Waals surface area contributed by atoms with Crippen LogP contribution in [0.15, 0.2) is 15.2 Å². The topological polar surface area (TPSA) is 53.7 Å². The molecule has 0 bridgehead atoms. The van der Waals surface area contributed by atoms with Crippen LogP contribution >= 0.6 is 15.9 Å². The van der Waals surface area contributed by atoms with Crippen molar-refractivity contribution in [2.75, 3.05) is 13.1 Å². The third kappa shape index (κ3) is 1.57. The van der Waals surface area contributed by atoms with E-state index in [0.29, 0.717) is 23.5 Å². The second-order valence-corrected chi connectivity index (χ2v) is 4.21. The molecular formula is C9H10BrNO3. The summed E-state index contributed by atoms with van der Waals surface area (Å²) in [7, 11) is 0. The van der Waals surface area contributed by atoms with Crippen molar-refractivity contribution in [1.29, 1.82) is 0 Å². The number of hydrogen-bond donors (Lipinski definition) is 1. The van der Waals surface area contributed by atoms with Gasteiger partial charge in [0.25, 0.3) is 5.91 Å². The van der Waals surface area contributed by atoms with Crippen molar-refractivity contribution in [3.63, 3.8) is 0 Å². The van der Waals surface area contributed by atoms with E-state index < -0.39 is 0 Å². The average molecular weight is 260 g/mol. The van der Waals surface area contributed by atoms with E-state index in [9.17, 15) is 4.79 Å². The van der Waals surface area contributed by atoms with Gasteiger partial charge in [-0.1, -0.05) is 0 Å². The summed E-state index contributed by atoms with van der Waals surface area (Å²) in [5.74, 6) is 0.197. The monoisotopic (exact) mass is 259 g/mol. The molecule has 0 spiro atoms. The molecule has 0 aromatic carbocycles. The Hall–Kier alpha value is -0.810. The number of hydrogen-bond acceptors (Lipinski definition) is 3. The Balaban J connectivity index is 2.15. The fourth-order valence-electron chi connectivity index (χ4n) is 1.42. The Morgan fingerprint density at radius 1 is 1.71 bits per heavy atom. The van der Waals surface area contributed by atoms with Crippen LogP contribution in [-0.4, -0.2) is 35.1 Å². The fourth-order valence-corrected chi connectivity index (χ4v) is 1.93. The Morgan fingerprint density at radius 2 is 2.36 bits per heavy atom. The molecule has 5 heteroatoms. The molecule has 0 atom stereocenters. The summed E-state index contributed by atoms with van der Waals surface area (Å²) >= 11 is 3.17. The van der Waals surface area contributed by atoms with Crippen LogP contribution in [0, 0.1) is 6.92 Å². The van der Waals surface area contributed by atoms with Crippen molar-refractivity contribution in [1.82, 2.24) is 4.90 Å². The van der Waals surface area contributed by atoms with Crippen molar-refractivity contribution in [2.24, 2.45) is 0 Å². The van der Waals surface area contributed by atoms with Crippen LogP contribution in [0.3, 0.4) is 0 Å². The number of halogens is 1. The molecule has 1 saturated heterocycles. The van der Waals surface area contributed by atoms with E-state index in [1.807, 2.05) is 6.92 Å². The van der Waals surface area contributed by atoms with Gasteiger partial charge >= 0.3 is 0 Å². The highest BCUT2D eigenvalue weighted by Gasteiger charge is 2.31. The number of carbonyl (C=O) groups is 1. The van der Waals surface area contributed by atoms with Crippen LogP contribution in [0.4, 0.5) is 0 Å². The first kappa shape index (κ1) is 9.73. The van der Waals surface area contributed by atoms with Gasteiger partial charge in [0.2, 0.25) is 0 Å². The maximum Gasteiger partial charge on any atom is 0.290 e. The summed E-state index contributed by atoms with van der Waals surface area (Å²) in [6.07, 6.45) is -0.377. The smallest absolute Gasteiger partial charge is 0.290 e. The second-order valence-electron chi connectivity index (χ2n) is 3.43. The molecular weight excluding hydrogens is 250 g/mol. The van der Waals surface area contributed by atoms with Gasteiger partial charge in [0.1, 0.15) is 0 Å². The summed E-state index contributed by atoms with van der Waals surface area (Å²) in [5.41, 5.74) is 0.809. The first-order chi connectivity index (χ1) is 6.58. The maximum absolute atomic E-state index is 11.7. The number of carbonyl (C=O) groups excluding carboxylic acids is 1. The molecule has 1 fully saturated rings. The number of aryl methyl sites for hydroxylation is 1. The lowest BCUT2D eigenvalue weighted by Crippen LogP contribution is -2.53. The zero-order valence-electron chi connectivity index (χ0n) is 7.66. The molecule has 0 unspecified atom stereocenters. The molecule has 1 aromatic heterocycles. The molecule has 1 aromatic rings. The largest absolute Gasteiger partial charge is 0.444 e. The van der Waals surface area contributed by atoms with Gasteiger partial charge < -0.3 is 14.4 Å². The van der Waals surface area contributed by atoms with Gasteiger partial charge in [0, 0.05) is 18.7 Å². The van der Waals surface area contributed by atoms with Gasteiger partial charge in [-0.25, -0.2) is 0 Å². The molecule has 14 heavy (non-hydrogen) atoms. The highest BCUT2D eigenvalue weighted by atomic mass is 79.9. The molecule has 1 amide bonds. The molecule has 4 nitrogen and oxygen atoms in total. The van der Waals surface area contributed by atoms with Crippen LogP contribution in [0.25, 0.3) is 0 Å². The molecule has 1 N–H and O–H groups in total. The van der Waals surface area contributed by atoms with Gasteiger partial charge in [-0.15, -0.1) is 0 Å². The molecule has 2 heterocycles. The third-order valence-corrected chi connectivity index (χ3v) is 2.62. The number of rotatable bonds is 1. The van der Waals surface area contributed by atoms with Crippen molar-refractivity contribution < 1.29 is 14.3 Å². The molecule has 0 aliphatic carbocycles. The van der Waals surface area contributed by atoms with E-state index in [-0.39, 0.29) is 12.0 Å². The predicted octanol–water partition coefficient (Wildman–Crippen LogP) is 1.17. The number of likely N-dealkylation sites (tertiary alicyclic amines) is 1. The van der Waals surface area contributed by atoms with Crippen molar-refractivity contribution in [2.45, 2.75) is 13.0 Å². The van der Waals surface area contributed by atoms with Gasteiger partial charge in [0.15, 0.2) is 10.4 Å². The number of nitrogens with zero attached hydrogens (tertiary/aromatic N) is 1. The standard InChI is InChI=1S/C9H10BrNO3/c1-5-2-7(10)14-8(5)9(13)11-3-6(12)4-11/h2,6,12H,3-4H2,1H3. The SMILES string of the molecule is Cc1cc(Br)oc1C(=O)N1CC(O)C1. The van der Waals surface area contributed by atoms with Crippen LogP contribution in [0.2, 0.25) is 0 Å². The third-order valence-electron chi connectivity index (χ3n) is 2.23. The van der Waals surface area contributed by atoms with E-state index in [1.165, 1.54) is 0 Å². The van der Waals surface area contributed by atoms with E-state index in [2.05, 4.69) is 15.9 Å². The van der Waals surface area contributed by atoms with E-state index in [4.69, 9.17) is 9.52 Å². The molecule has 0 saturated carbocycles. The number of aliphatic hydroxyl groups is 1. The minimum Gasteiger partial charge on any atom is -0.444 e. The van der Waals surface area contributed by atoms with Gasteiger partial charge in [0.05, 0.1) is 6.10 Å². The Labute approximate surface area is 89.6 Å². The summed E-state index contributed by atoms with van der Waals surface area (Å²) in [6.45, 7) is 2.62. The highest BCUT2D eigenvalue weighted by molar-refractivity contribution is 9.10. The van der Waals surface area contributed by atoms with E-state index >= 15 is 0 Å². The highest BCUT2D eigenvalue weighted by Crippen LogP contribution is 2.22. The summed E-state index contributed by atoms with van der Waals surface area (Å²) in [5, 5.41) is 9.05. The number of β-amino-alcohol motifs (C(OH)–C–C–N with tert-alkyl or cyclic N) is 1. The van der Waals surface area contributed by atoms with Crippen molar-refractivity contribution >= 4 is 21.8 Å². The molecule has 1 aliphatic heterocycles. The van der Waals surface area contributed by atoms with Crippen LogP contribution < -0.4 is 0 Å². The Morgan fingerprint density at radius 3 is 2.79 bits per heavy atom. The predicted molar refractivity (Wildman–Crippen MR) is 53.1 cm³/mol. The lowest BCUT2D eigenvalue weighted by molar-refractivity contribution is 0.00378. The Bertz CT molecular complexity index is 368. The fraction of sp³-hybridized carbons (Fsp3) is 0.444. The maximum atomic E-state index is 11.7. The van der Waals surface area contributed by atoms with Gasteiger partial charge in [-0.05, 0) is 28.9 Å². The quantitative estimate of drug-likeness (QED) is 0.824. The molecule has 1 aliphatic rings. The van der Waals surface area contributed by atoms with Gasteiger partial charge in [-0.2, -0.15) is 0 Å². The van der Waals surface area contributed by atoms with Crippen LogP contribution in [0.1, 0.15) is 16.1 Å². The number of furan rings is 1. The van der Waals surface area contributed by atoms with Crippen LogP contribution in [0.5, 0.6) is 0 Å². The number of aliphatic hydroxyl groups excluding tert-OH is 1. The zero-order chi connectivity index (χ0) is 10.3. The summed E-state index contributed by atoms with van der Waals surface area (Å²) < 4.78 is 5.77. The molecule has 2 rings (SSSR count). The van der Waals surface area contributed by atoms with Crippen molar-refractivity contribution in [3.05, 3.63) is 22.1 Å². The lowest BCUT2D eigenvalue weighted by atomic mass is 10.1. The zero-order valence-corrected chi connectivity index (χ0v) is 9.24.